The largest absolute Gasteiger partial charge is 0.472 e. The summed E-state index contributed by atoms with van der Waals surface area (Å²) >= 11 is 0. The quantitative estimate of drug-likeness (QED) is 0.615. The first-order valence-corrected chi connectivity index (χ1v) is 7.37. The van der Waals surface area contributed by atoms with Gasteiger partial charge in [-0.1, -0.05) is 31.4 Å². The lowest BCUT2D eigenvalue weighted by molar-refractivity contribution is 0.567. The Bertz CT molecular complexity index is 229. The number of rotatable bonds is 2. The first-order valence-electron chi connectivity index (χ1n) is 3.79. The third kappa shape index (κ3) is 3.23. The maximum Gasteiger partial charge on any atom is 0.0974 e. The molecule has 0 aliphatic heterocycles. The van der Waals surface area contributed by atoms with Crippen LogP contribution in [-0.2, 0) is 0 Å². The molecule has 1 aromatic heterocycles. The minimum absolute atomic E-state index is 1.04. The molecular weight excluding hydrogens is 152 g/mol. The Morgan fingerprint density at radius 2 is 2.09 bits per heavy atom. The van der Waals surface area contributed by atoms with Gasteiger partial charge in [0.1, 0.15) is 0 Å². The summed E-state index contributed by atoms with van der Waals surface area (Å²) in [6.45, 7) is 6.93. The van der Waals surface area contributed by atoms with Gasteiger partial charge in [0.15, 0.2) is 0 Å². The van der Waals surface area contributed by atoms with Crippen molar-refractivity contribution in [3.63, 3.8) is 0 Å². The van der Waals surface area contributed by atoms with Crippen molar-refractivity contribution in [2.45, 2.75) is 19.6 Å². The van der Waals surface area contributed by atoms with Crippen molar-refractivity contribution in [2.24, 2.45) is 0 Å². The molecule has 0 amide bonds. The molecule has 1 heterocycles. The monoisotopic (exact) mass is 166 g/mol. The second kappa shape index (κ2) is 3.09. The molecule has 0 atom stereocenters. The van der Waals surface area contributed by atoms with Crippen LogP contribution in [0.15, 0.2) is 28.7 Å². The maximum absolute atomic E-state index is 4.94. The van der Waals surface area contributed by atoms with E-state index in [2.05, 4.69) is 31.4 Å². The van der Waals surface area contributed by atoms with E-state index in [1.807, 2.05) is 6.07 Å². The molecule has 1 rings (SSSR count). The van der Waals surface area contributed by atoms with Gasteiger partial charge in [-0.25, -0.2) is 0 Å². The zero-order chi connectivity index (χ0) is 8.32. The highest BCUT2D eigenvalue weighted by Crippen LogP contribution is 2.08. The van der Waals surface area contributed by atoms with Crippen LogP contribution in [0, 0.1) is 0 Å². The Morgan fingerprint density at radius 3 is 2.55 bits per heavy atom. The molecule has 2 heteroatoms. The fourth-order valence-electron chi connectivity index (χ4n) is 0.716. The molecule has 0 saturated heterocycles. The van der Waals surface area contributed by atoms with Crippen LogP contribution < -0.4 is 0 Å². The van der Waals surface area contributed by atoms with Crippen molar-refractivity contribution in [1.29, 1.82) is 0 Å². The molecule has 0 N–H and O–H groups in total. The van der Waals surface area contributed by atoms with E-state index in [4.69, 9.17) is 4.42 Å². The van der Waals surface area contributed by atoms with Crippen molar-refractivity contribution in [1.82, 2.24) is 0 Å². The lowest BCUT2D eigenvalue weighted by atomic mass is 10.3. The number of furan rings is 1. The van der Waals surface area contributed by atoms with Gasteiger partial charge in [-0.2, -0.15) is 0 Å². The molecule has 0 radical (unpaired) electrons. The predicted molar refractivity (Wildman–Crippen MR) is 51.1 cm³/mol. The highest BCUT2D eigenvalue weighted by Gasteiger charge is 2.06. The smallest absolute Gasteiger partial charge is 0.0974 e. The van der Waals surface area contributed by atoms with Crippen LogP contribution in [0.5, 0.6) is 0 Å². The van der Waals surface area contributed by atoms with Gasteiger partial charge in [0, 0.05) is 5.56 Å². The molecule has 0 unspecified atom stereocenters. The van der Waals surface area contributed by atoms with Crippen molar-refractivity contribution in [2.75, 3.05) is 0 Å². The van der Waals surface area contributed by atoms with Gasteiger partial charge in [0.05, 0.1) is 20.6 Å². The van der Waals surface area contributed by atoms with E-state index in [0.29, 0.717) is 0 Å². The van der Waals surface area contributed by atoms with Crippen LogP contribution >= 0.6 is 0 Å². The van der Waals surface area contributed by atoms with E-state index in [1.54, 1.807) is 12.5 Å². The van der Waals surface area contributed by atoms with Gasteiger partial charge < -0.3 is 4.42 Å². The van der Waals surface area contributed by atoms with E-state index >= 15 is 0 Å². The maximum atomic E-state index is 4.94. The fraction of sp³-hybridized carbons (Fsp3) is 0.333. The van der Waals surface area contributed by atoms with Crippen LogP contribution in [0.25, 0.3) is 6.08 Å². The summed E-state index contributed by atoms with van der Waals surface area (Å²) in [5.74, 6) is 0. The Labute approximate surface area is 68.7 Å². The van der Waals surface area contributed by atoms with E-state index in [9.17, 15) is 0 Å². The van der Waals surface area contributed by atoms with Crippen LogP contribution in [0.2, 0.25) is 19.6 Å². The third-order valence-electron chi connectivity index (χ3n) is 1.32. The first kappa shape index (κ1) is 8.33. The number of hydrogen-bond acceptors (Lipinski definition) is 1. The highest BCUT2D eigenvalue weighted by molar-refractivity contribution is 6.81. The summed E-state index contributed by atoms with van der Waals surface area (Å²) in [5.41, 5.74) is 3.46. The second-order valence-corrected chi connectivity index (χ2v) is 8.82. The molecule has 0 bridgehead atoms. The first-order chi connectivity index (χ1) is 5.08. The van der Waals surface area contributed by atoms with Crippen LogP contribution in [0.4, 0.5) is 0 Å². The summed E-state index contributed by atoms with van der Waals surface area (Å²) in [6.07, 6.45) is 5.59. The Morgan fingerprint density at radius 1 is 1.36 bits per heavy atom. The minimum atomic E-state index is -1.04. The molecule has 0 saturated carbocycles. The Hall–Kier alpha value is -0.763. The molecule has 0 aliphatic rings. The Balaban J connectivity index is 2.63. The molecule has 0 fully saturated rings. The molecule has 0 aliphatic carbocycles. The average molecular weight is 166 g/mol. The molecule has 60 valence electrons. The van der Waals surface area contributed by atoms with E-state index < -0.39 is 8.07 Å². The van der Waals surface area contributed by atoms with Crippen molar-refractivity contribution >= 4 is 14.1 Å². The lowest BCUT2D eigenvalue weighted by Gasteiger charge is -2.06. The molecule has 0 spiro atoms. The summed E-state index contributed by atoms with van der Waals surface area (Å²) < 4.78 is 4.94. The minimum Gasteiger partial charge on any atom is -0.472 e. The second-order valence-electron chi connectivity index (χ2n) is 3.76. The Kier molecular flexibility index (Phi) is 2.34. The van der Waals surface area contributed by atoms with Crippen LogP contribution in [-0.4, -0.2) is 8.07 Å². The van der Waals surface area contributed by atoms with Crippen molar-refractivity contribution < 1.29 is 4.42 Å². The van der Waals surface area contributed by atoms with Gasteiger partial charge in [-0.3, -0.25) is 0 Å². The van der Waals surface area contributed by atoms with Gasteiger partial charge in [-0.15, -0.1) is 0 Å². The molecule has 0 aromatic carbocycles. The van der Waals surface area contributed by atoms with Gasteiger partial charge in [0.25, 0.3) is 0 Å². The average Bonchev–Trinajstić information content (AvgIpc) is 2.32. The third-order valence-corrected chi connectivity index (χ3v) is 2.49. The molecule has 11 heavy (non-hydrogen) atoms. The summed E-state index contributed by atoms with van der Waals surface area (Å²) in [5, 5.41) is 0. The van der Waals surface area contributed by atoms with E-state index in [0.717, 1.165) is 5.56 Å². The van der Waals surface area contributed by atoms with Crippen LogP contribution in [0.1, 0.15) is 5.56 Å². The normalized spacial score (nSPS) is 12.6. The SMILES string of the molecule is C[Si](C)(C)/C=C\c1ccoc1. The fourth-order valence-corrected chi connectivity index (χ4v) is 1.41. The summed E-state index contributed by atoms with van der Waals surface area (Å²) in [7, 11) is -1.04. The number of hydrogen-bond donors (Lipinski definition) is 0. The van der Waals surface area contributed by atoms with Gasteiger partial charge in [0.2, 0.25) is 0 Å². The lowest BCUT2D eigenvalue weighted by Crippen LogP contribution is -2.14. The standard InChI is InChI=1S/C9H14OSi/c1-11(2,3)7-5-9-4-6-10-8-9/h4-8H,1-3H3/b7-5-. The zero-order valence-electron chi connectivity index (χ0n) is 7.29. The molecule has 1 aromatic rings. The zero-order valence-corrected chi connectivity index (χ0v) is 8.29. The van der Waals surface area contributed by atoms with Crippen molar-refractivity contribution in [3.8, 4) is 0 Å². The topological polar surface area (TPSA) is 13.1 Å². The summed E-state index contributed by atoms with van der Waals surface area (Å²) in [6, 6.07) is 1.97. The predicted octanol–water partition coefficient (Wildman–Crippen LogP) is 3.17. The van der Waals surface area contributed by atoms with Crippen molar-refractivity contribution in [3.05, 3.63) is 29.9 Å². The van der Waals surface area contributed by atoms with Gasteiger partial charge in [-0.05, 0) is 6.07 Å². The molecular formula is C9H14OSi. The van der Waals surface area contributed by atoms with Gasteiger partial charge >= 0.3 is 0 Å². The van der Waals surface area contributed by atoms with E-state index in [-0.39, 0.29) is 0 Å². The molecule has 1 nitrogen and oxygen atoms in total. The summed E-state index contributed by atoms with van der Waals surface area (Å²) in [4.78, 5) is 0. The van der Waals surface area contributed by atoms with E-state index in [1.165, 1.54) is 0 Å². The highest BCUT2D eigenvalue weighted by atomic mass is 28.3. The van der Waals surface area contributed by atoms with Crippen LogP contribution in [0.3, 0.4) is 0 Å².